The highest BCUT2D eigenvalue weighted by Crippen LogP contribution is 2.45. The SMILES string of the molecule is N#CCC(=O)N=C1S[C@H]2CS(=O)(=O)C[C@@H]2N1c1ccccc1C(F)(F)F. The maximum Gasteiger partial charge on any atom is 0.418 e. The number of carbonyl (C=O) groups excluding carboxylic acids is 1. The van der Waals surface area contributed by atoms with Gasteiger partial charge in [0.25, 0.3) is 5.91 Å². The smallest absolute Gasteiger partial charge is 0.315 e. The molecule has 0 N–H and O–H groups in total. The largest absolute Gasteiger partial charge is 0.418 e. The van der Waals surface area contributed by atoms with E-state index in [1.165, 1.54) is 23.1 Å². The number of nitriles is 1. The first-order chi connectivity index (χ1) is 12.1. The van der Waals surface area contributed by atoms with Crippen molar-refractivity contribution in [2.45, 2.75) is 23.9 Å². The molecule has 0 aromatic heterocycles. The maximum absolute atomic E-state index is 13.4. The Balaban J connectivity index is 2.11. The van der Waals surface area contributed by atoms with Crippen LogP contribution in [0.1, 0.15) is 12.0 Å². The van der Waals surface area contributed by atoms with Crippen LogP contribution >= 0.6 is 11.8 Å². The molecule has 1 amide bonds. The number of benzene rings is 1. The van der Waals surface area contributed by atoms with Gasteiger partial charge in [-0.3, -0.25) is 4.79 Å². The lowest BCUT2D eigenvalue weighted by Gasteiger charge is -2.27. The van der Waals surface area contributed by atoms with E-state index in [2.05, 4.69) is 4.99 Å². The second-order valence-electron chi connectivity index (χ2n) is 5.81. The quantitative estimate of drug-likeness (QED) is 0.752. The Morgan fingerprint density at radius 1 is 1.35 bits per heavy atom. The Hall–Kier alpha value is -2.06. The minimum absolute atomic E-state index is 0.00755. The third-order valence-electron chi connectivity index (χ3n) is 3.99. The minimum atomic E-state index is -4.65. The lowest BCUT2D eigenvalue weighted by Crippen LogP contribution is -2.39. The minimum Gasteiger partial charge on any atom is -0.315 e. The van der Waals surface area contributed by atoms with E-state index in [4.69, 9.17) is 5.26 Å². The first-order valence-electron chi connectivity index (χ1n) is 7.43. The monoisotopic (exact) mass is 403 g/mol. The first kappa shape index (κ1) is 18.7. The van der Waals surface area contributed by atoms with Crippen LogP contribution in [0.15, 0.2) is 29.3 Å². The molecule has 11 heteroatoms. The van der Waals surface area contributed by atoms with Gasteiger partial charge in [0.15, 0.2) is 15.0 Å². The number of rotatable bonds is 2. The summed E-state index contributed by atoms with van der Waals surface area (Å²) in [6.07, 6.45) is -5.16. The third kappa shape index (κ3) is 3.57. The van der Waals surface area contributed by atoms with Crippen LogP contribution in [0.5, 0.6) is 0 Å². The molecule has 2 fully saturated rings. The predicted molar refractivity (Wildman–Crippen MR) is 90.4 cm³/mol. The number of para-hydroxylation sites is 1. The van der Waals surface area contributed by atoms with Crippen molar-refractivity contribution in [3.05, 3.63) is 29.8 Å². The molecule has 2 saturated heterocycles. The average molecular weight is 403 g/mol. The zero-order chi connectivity index (χ0) is 19.1. The van der Waals surface area contributed by atoms with Crippen molar-refractivity contribution in [3.8, 4) is 6.07 Å². The van der Waals surface area contributed by atoms with Crippen molar-refractivity contribution in [3.63, 3.8) is 0 Å². The van der Waals surface area contributed by atoms with Crippen LogP contribution in [-0.4, -0.2) is 42.3 Å². The van der Waals surface area contributed by atoms with Gasteiger partial charge in [0, 0.05) is 5.25 Å². The highest BCUT2D eigenvalue weighted by Gasteiger charge is 2.51. The number of thioether (sulfide) groups is 1. The number of hydrogen-bond acceptors (Lipinski definition) is 5. The Labute approximate surface area is 151 Å². The molecule has 0 bridgehead atoms. The number of carbonyl (C=O) groups is 1. The predicted octanol–water partition coefficient (Wildman–Crippen LogP) is 2.22. The van der Waals surface area contributed by atoms with Crippen molar-refractivity contribution in [1.29, 1.82) is 5.26 Å². The lowest BCUT2D eigenvalue weighted by atomic mass is 10.1. The van der Waals surface area contributed by atoms with Gasteiger partial charge in [0.1, 0.15) is 6.42 Å². The number of sulfone groups is 1. The van der Waals surface area contributed by atoms with E-state index in [0.29, 0.717) is 0 Å². The van der Waals surface area contributed by atoms with Crippen molar-refractivity contribution in [2.75, 3.05) is 16.4 Å². The van der Waals surface area contributed by atoms with Crippen LogP contribution in [0, 0.1) is 11.3 Å². The van der Waals surface area contributed by atoms with E-state index in [9.17, 15) is 26.4 Å². The average Bonchev–Trinajstić information content (AvgIpc) is 2.97. The zero-order valence-corrected chi connectivity index (χ0v) is 14.7. The van der Waals surface area contributed by atoms with Gasteiger partial charge >= 0.3 is 6.18 Å². The Kier molecular flexibility index (Phi) is 4.74. The van der Waals surface area contributed by atoms with Crippen molar-refractivity contribution in [2.24, 2.45) is 4.99 Å². The van der Waals surface area contributed by atoms with Crippen LogP contribution in [-0.2, 0) is 20.8 Å². The normalized spacial score (nSPS) is 25.9. The summed E-state index contributed by atoms with van der Waals surface area (Å²) in [5, 5.41) is 8.06. The molecule has 26 heavy (non-hydrogen) atoms. The fourth-order valence-corrected chi connectivity index (χ4v) is 6.91. The van der Waals surface area contributed by atoms with Crippen LogP contribution < -0.4 is 4.90 Å². The molecule has 0 radical (unpaired) electrons. The van der Waals surface area contributed by atoms with Crippen LogP contribution in [0.3, 0.4) is 0 Å². The molecule has 0 aliphatic carbocycles. The summed E-state index contributed by atoms with van der Waals surface area (Å²) in [4.78, 5) is 16.7. The molecule has 0 unspecified atom stereocenters. The molecule has 2 heterocycles. The van der Waals surface area contributed by atoms with Crippen LogP contribution in [0.2, 0.25) is 0 Å². The highest BCUT2D eigenvalue weighted by molar-refractivity contribution is 8.16. The number of anilines is 1. The van der Waals surface area contributed by atoms with E-state index in [1.807, 2.05) is 0 Å². The van der Waals surface area contributed by atoms with Gasteiger partial charge in [-0.15, -0.1) is 0 Å². The molecule has 138 valence electrons. The fraction of sp³-hybridized carbons (Fsp3) is 0.400. The van der Waals surface area contributed by atoms with Crippen LogP contribution in [0.25, 0.3) is 0 Å². The maximum atomic E-state index is 13.4. The number of hydrogen-bond donors (Lipinski definition) is 0. The number of aliphatic imine (C=N–C) groups is 1. The fourth-order valence-electron chi connectivity index (χ4n) is 2.98. The first-order valence-corrected chi connectivity index (χ1v) is 10.1. The standard InChI is InChI=1S/C15H12F3N3O3S2/c16-15(17,18)9-3-1-2-4-10(9)21-11-7-26(23,24)8-12(11)25-14(21)20-13(22)5-6-19/h1-4,11-12H,5,7-8H2/t11-,12-/m0/s1. The molecular formula is C15H12F3N3O3S2. The van der Waals surface area contributed by atoms with Crippen LogP contribution in [0.4, 0.5) is 18.9 Å². The van der Waals surface area contributed by atoms with Gasteiger partial charge in [-0.1, -0.05) is 23.9 Å². The van der Waals surface area contributed by atoms with Gasteiger partial charge in [-0.25, -0.2) is 8.42 Å². The molecule has 6 nitrogen and oxygen atoms in total. The van der Waals surface area contributed by atoms with E-state index in [1.54, 1.807) is 6.07 Å². The lowest BCUT2D eigenvalue weighted by molar-refractivity contribution is -0.137. The highest BCUT2D eigenvalue weighted by atomic mass is 32.2. The summed E-state index contributed by atoms with van der Waals surface area (Å²) in [5.74, 6) is -1.30. The Morgan fingerprint density at radius 3 is 2.69 bits per heavy atom. The van der Waals surface area contributed by atoms with Crippen molar-refractivity contribution >= 4 is 38.4 Å². The van der Waals surface area contributed by atoms with Gasteiger partial charge in [-0.2, -0.15) is 23.4 Å². The molecule has 2 atom stereocenters. The molecule has 1 aromatic rings. The van der Waals surface area contributed by atoms with Gasteiger partial charge in [-0.05, 0) is 12.1 Å². The van der Waals surface area contributed by atoms with Gasteiger partial charge < -0.3 is 4.90 Å². The zero-order valence-electron chi connectivity index (χ0n) is 13.1. The molecule has 2 aliphatic rings. The summed E-state index contributed by atoms with van der Waals surface area (Å²) in [6, 6.07) is 5.64. The topological polar surface area (TPSA) is 90.6 Å². The number of fused-ring (bicyclic) bond motifs is 1. The number of nitrogens with zero attached hydrogens (tertiary/aromatic N) is 3. The van der Waals surface area contributed by atoms with E-state index >= 15 is 0 Å². The third-order valence-corrected chi connectivity index (χ3v) is 7.20. The summed E-state index contributed by atoms with van der Waals surface area (Å²) >= 11 is 0.959. The van der Waals surface area contributed by atoms with Gasteiger partial charge in [0.05, 0.1) is 34.9 Å². The summed E-state index contributed by atoms with van der Waals surface area (Å²) in [5.41, 5.74) is -1.19. The van der Waals surface area contributed by atoms with E-state index < -0.39 is 45.2 Å². The van der Waals surface area contributed by atoms with E-state index in [-0.39, 0.29) is 22.4 Å². The van der Waals surface area contributed by atoms with Crippen molar-refractivity contribution in [1.82, 2.24) is 0 Å². The second-order valence-corrected chi connectivity index (χ2v) is 9.17. The number of alkyl halides is 3. The summed E-state index contributed by atoms with van der Waals surface area (Å²) in [7, 11) is -3.39. The van der Waals surface area contributed by atoms with E-state index in [0.717, 1.165) is 17.8 Å². The molecular weight excluding hydrogens is 391 g/mol. The Bertz CT molecular complexity index is 922. The number of halogens is 3. The number of amidine groups is 1. The molecule has 1 aromatic carbocycles. The Morgan fingerprint density at radius 2 is 2.04 bits per heavy atom. The molecule has 0 saturated carbocycles. The molecule has 3 rings (SSSR count). The molecule has 0 spiro atoms. The van der Waals surface area contributed by atoms with Crippen molar-refractivity contribution < 1.29 is 26.4 Å². The summed E-state index contributed by atoms with van der Waals surface area (Å²) in [6.45, 7) is 0. The second kappa shape index (κ2) is 6.59. The number of amides is 1. The molecule has 2 aliphatic heterocycles. The summed E-state index contributed by atoms with van der Waals surface area (Å²) < 4.78 is 64.1. The van der Waals surface area contributed by atoms with Gasteiger partial charge in [0.2, 0.25) is 0 Å².